The van der Waals surface area contributed by atoms with Crippen molar-refractivity contribution in [1.29, 1.82) is 0 Å². The van der Waals surface area contributed by atoms with Gasteiger partial charge in [0.1, 0.15) is 0 Å². The van der Waals surface area contributed by atoms with Crippen molar-refractivity contribution in [2.75, 3.05) is 42.9 Å². The number of benzene rings is 1. The van der Waals surface area contributed by atoms with Crippen LogP contribution in [0.15, 0.2) is 18.2 Å². The number of anilines is 2. The molecular formula is C13H22N2S. The highest BCUT2D eigenvalue weighted by atomic mass is 32.2. The van der Waals surface area contributed by atoms with Crippen molar-refractivity contribution < 1.29 is 0 Å². The van der Waals surface area contributed by atoms with Crippen LogP contribution in [0.5, 0.6) is 0 Å². The summed E-state index contributed by atoms with van der Waals surface area (Å²) in [5.74, 6) is 1.22. The van der Waals surface area contributed by atoms with Crippen LogP contribution in [0.4, 0.5) is 11.4 Å². The van der Waals surface area contributed by atoms with Crippen molar-refractivity contribution in [2.45, 2.75) is 13.3 Å². The number of nitrogens with one attached hydrogen (secondary N) is 1. The van der Waals surface area contributed by atoms with E-state index in [1.165, 1.54) is 29.1 Å². The molecular weight excluding hydrogens is 216 g/mol. The fraction of sp³-hybridized carbons (Fsp3) is 0.538. The molecule has 0 aliphatic heterocycles. The topological polar surface area (TPSA) is 15.3 Å². The fourth-order valence-electron chi connectivity index (χ4n) is 1.56. The zero-order chi connectivity index (χ0) is 12.0. The molecule has 0 aliphatic rings. The van der Waals surface area contributed by atoms with Gasteiger partial charge in [0.05, 0.1) is 0 Å². The quantitative estimate of drug-likeness (QED) is 0.766. The van der Waals surface area contributed by atoms with Gasteiger partial charge < -0.3 is 10.2 Å². The minimum Gasteiger partial charge on any atom is -0.385 e. The Morgan fingerprint density at radius 3 is 2.62 bits per heavy atom. The van der Waals surface area contributed by atoms with Gasteiger partial charge in [0.2, 0.25) is 0 Å². The van der Waals surface area contributed by atoms with Crippen molar-refractivity contribution in [1.82, 2.24) is 0 Å². The van der Waals surface area contributed by atoms with E-state index in [-0.39, 0.29) is 0 Å². The van der Waals surface area contributed by atoms with E-state index in [1.807, 2.05) is 11.8 Å². The lowest BCUT2D eigenvalue weighted by Gasteiger charge is -2.16. The summed E-state index contributed by atoms with van der Waals surface area (Å²) in [7, 11) is 4.14. The molecule has 0 saturated carbocycles. The summed E-state index contributed by atoms with van der Waals surface area (Å²) < 4.78 is 0. The van der Waals surface area contributed by atoms with Crippen molar-refractivity contribution in [2.24, 2.45) is 0 Å². The second-order valence-electron chi connectivity index (χ2n) is 4.17. The Kier molecular flexibility index (Phi) is 5.53. The van der Waals surface area contributed by atoms with Crippen molar-refractivity contribution in [3.05, 3.63) is 23.8 Å². The average Bonchev–Trinajstić information content (AvgIpc) is 2.26. The van der Waals surface area contributed by atoms with Gasteiger partial charge in [-0.25, -0.2) is 0 Å². The van der Waals surface area contributed by atoms with Gasteiger partial charge in [-0.05, 0) is 49.1 Å². The van der Waals surface area contributed by atoms with Gasteiger partial charge in [-0.1, -0.05) is 0 Å². The van der Waals surface area contributed by atoms with Crippen LogP contribution >= 0.6 is 11.8 Å². The van der Waals surface area contributed by atoms with Gasteiger partial charge in [0.25, 0.3) is 0 Å². The zero-order valence-corrected chi connectivity index (χ0v) is 11.5. The van der Waals surface area contributed by atoms with E-state index < -0.39 is 0 Å². The van der Waals surface area contributed by atoms with Gasteiger partial charge in [0, 0.05) is 32.0 Å². The van der Waals surface area contributed by atoms with Crippen LogP contribution in [0, 0.1) is 6.92 Å². The molecule has 0 aliphatic carbocycles. The third-order valence-corrected chi connectivity index (χ3v) is 3.26. The molecule has 3 heteroatoms. The van der Waals surface area contributed by atoms with Crippen molar-refractivity contribution in [3.8, 4) is 0 Å². The summed E-state index contributed by atoms with van der Waals surface area (Å²) in [4.78, 5) is 2.13. The van der Waals surface area contributed by atoms with Crippen LogP contribution < -0.4 is 10.2 Å². The smallest absolute Gasteiger partial charge is 0.0371 e. The lowest BCUT2D eigenvalue weighted by atomic mass is 10.1. The van der Waals surface area contributed by atoms with Gasteiger partial charge in [-0.2, -0.15) is 11.8 Å². The Morgan fingerprint density at radius 1 is 1.31 bits per heavy atom. The standard InChI is InChI=1S/C13H22N2S/c1-11-10-12(15(2)3)6-7-13(11)14-8-5-9-16-4/h6-7,10,14H,5,8-9H2,1-4H3. The molecule has 0 amide bonds. The van der Waals surface area contributed by atoms with E-state index in [2.05, 4.69) is 55.7 Å². The molecule has 1 N–H and O–H groups in total. The predicted molar refractivity (Wildman–Crippen MR) is 77.0 cm³/mol. The number of rotatable bonds is 6. The van der Waals surface area contributed by atoms with Crippen LogP contribution in [-0.2, 0) is 0 Å². The highest BCUT2D eigenvalue weighted by molar-refractivity contribution is 7.98. The zero-order valence-electron chi connectivity index (χ0n) is 10.7. The first-order chi connectivity index (χ1) is 7.65. The first kappa shape index (κ1) is 13.2. The molecule has 0 saturated heterocycles. The number of hydrogen-bond donors (Lipinski definition) is 1. The van der Waals surface area contributed by atoms with Crippen LogP contribution in [-0.4, -0.2) is 32.6 Å². The SMILES string of the molecule is CSCCCNc1ccc(N(C)C)cc1C. The number of nitrogens with zero attached hydrogens (tertiary/aromatic N) is 1. The Labute approximate surface area is 103 Å². The lowest BCUT2D eigenvalue weighted by molar-refractivity contribution is 0.990. The van der Waals surface area contributed by atoms with Crippen LogP contribution in [0.25, 0.3) is 0 Å². The van der Waals surface area contributed by atoms with Crippen molar-refractivity contribution in [3.63, 3.8) is 0 Å². The first-order valence-corrected chi connectivity index (χ1v) is 7.05. The maximum absolute atomic E-state index is 3.48. The molecule has 0 atom stereocenters. The van der Waals surface area contributed by atoms with E-state index in [0.29, 0.717) is 0 Å². The fourth-order valence-corrected chi connectivity index (χ4v) is 2.00. The molecule has 0 bridgehead atoms. The Bertz CT molecular complexity index is 324. The molecule has 0 spiro atoms. The van der Waals surface area contributed by atoms with Gasteiger partial charge >= 0.3 is 0 Å². The minimum absolute atomic E-state index is 1.06. The maximum Gasteiger partial charge on any atom is 0.0371 e. The third-order valence-electron chi connectivity index (χ3n) is 2.57. The Hall–Kier alpha value is -0.830. The summed E-state index contributed by atoms with van der Waals surface area (Å²) in [6, 6.07) is 6.55. The molecule has 90 valence electrons. The molecule has 0 heterocycles. The van der Waals surface area contributed by atoms with E-state index >= 15 is 0 Å². The number of hydrogen-bond acceptors (Lipinski definition) is 3. The molecule has 1 aromatic rings. The highest BCUT2D eigenvalue weighted by Crippen LogP contribution is 2.21. The molecule has 0 aromatic heterocycles. The van der Waals surface area contributed by atoms with Crippen molar-refractivity contribution >= 4 is 23.1 Å². The van der Waals surface area contributed by atoms with E-state index in [4.69, 9.17) is 0 Å². The van der Waals surface area contributed by atoms with Gasteiger partial charge in [0.15, 0.2) is 0 Å². The van der Waals surface area contributed by atoms with E-state index in [0.717, 1.165) is 6.54 Å². The second kappa shape index (κ2) is 6.69. The average molecular weight is 238 g/mol. The summed E-state index contributed by atoms with van der Waals surface area (Å²) >= 11 is 1.90. The Balaban J connectivity index is 2.54. The third kappa shape index (κ3) is 3.97. The summed E-state index contributed by atoms with van der Waals surface area (Å²) in [6.07, 6.45) is 3.37. The number of thioether (sulfide) groups is 1. The largest absolute Gasteiger partial charge is 0.385 e. The van der Waals surface area contributed by atoms with Crippen LogP contribution in [0.1, 0.15) is 12.0 Å². The van der Waals surface area contributed by atoms with Crippen LogP contribution in [0.2, 0.25) is 0 Å². The highest BCUT2D eigenvalue weighted by Gasteiger charge is 2.00. The molecule has 0 radical (unpaired) electrons. The summed E-state index contributed by atoms with van der Waals surface area (Å²) in [6.45, 7) is 3.22. The first-order valence-electron chi connectivity index (χ1n) is 5.66. The molecule has 1 aromatic carbocycles. The molecule has 0 unspecified atom stereocenters. The molecule has 16 heavy (non-hydrogen) atoms. The lowest BCUT2D eigenvalue weighted by Crippen LogP contribution is -2.09. The molecule has 0 fully saturated rings. The Morgan fingerprint density at radius 2 is 2.06 bits per heavy atom. The number of aryl methyl sites for hydroxylation is 1. The second-order valence-corrected chi connectivity index (χ2v) is 5.15. The predicted octanol–water partition coefficient (Wildman–Crippen LogP) is 3.23. The monoisotopic (exact) mass is 238 g/mol. The molecule has 1 rings (SSSR count). The summed E-state index contributed by atoms with van der Waals surface area (Å²) in [5.41, 5.74) is 3.83. The normalized spacial score (nSPS) is 10.2. The van der Waals surface area contributed by atoms with Gasteiger partial charge in [-0.15, -0.1) is 0 Å². The van der Waals surface area contributed by atoms with E-state index in [1.54, 1.807) is 0 Å². The molecule has 2 nitrogen and oxygen atoms in total. The minimum atomic E-state index is 1.06. The maximum atomic E-state index is 3.48. The summed E-state index contributed by atoms with van der Waals surface area (Å²) in [5, 5.41) is 3.48. The van der Waals surface area contributed by atoms with E-state index in [9.17, 15) is 0 Å². The van der Waals surface area contributed by atoms with Crippen LogP contribution in [0.3, 0.4) is 0 Å². The van der Waals surface area contributed by atoms with Gasteiger partial charge in [-0.3, -0.25) is 0 Å².